The number of halogens is 1. The predicted octanol–water partition coefficient (Wildman–Crippen LogP) is 3.03. The van der Waals surface area contributed by atoms with Gasteiger partial charge in [-0.15, -0.1) is 24.0 Å². The van der Waals surface area contributed by atoms with Crippen LogP contribution >= 0.6 is 24.0 Å². The first-order chi connectivity index (χ1) is 12.1. The van der Waals surface area contributed by atoms with E-state index in [9.17, 15) is 0 Å². The van der Waals surface area contributed by atoms with Gasteiger partial charge in [-0.3, -0.25) is 0 Å². The third-order valence-corrected chi connectivity index (χ3v) is 3.59. The molecular formula is C19H28IN5O. The number of aromatic nitrogens is 1. The first-order valence-corrected chi connectivity index (χ1v) is 8.40. The molecule has 1 aromatic heterocycles. The molecule has 1 heterocycles. The Morgan fingerprint density at radius 3 is 2.62 bits per heavy atom. The smallest absolute Gasteiger partial charge is 0.191 e. The molecule has 6 nitrogen and oxygen atoms in total. The van der Waals surface area contributed by atoms with Crippen molar-refractivity contribution in [3.8, 4) is 5.75 Å². The quantitative estimate of drug-likeness (QED) is 0.371. The number of guanidine groups is 1. The Balaban J connectivity index is 0.00000338. The number of benzene rings is 1. The van der Waals surface area contributed by atoms with Crippen LogP contribution in [-0.2, 0) is 13.1 Å². The summed E-state index contributed by atoms with van der Waals surface area (Å²) in [4.78, 5) is 11.2. The maximum absolute atomic E-state index is 5.25. The average Bonchev–Trinajstić information content (AvgIpc) is 2.64. The summed E-state index contributed by atoms with van der Waals surface area (Å²) in [5.74, 6) is 2.55. The van der Waals surface area contributed by atoms with Gasteiger partial charge in [0, 0.05) is 20.6 Å². The number of hydrogen-bond donors (Lipinski definition) is 2. The number of rotatable bonds is 7. The molecule has 26 heavy (non-hydrogen) atoms. The van der Waals surface area contributed by atoms with E-state index in [2.05, 4.69) is 20.6 Å². The monoisotopic (exact) mass is 469 g/mol. The van der Waals surface area contributed by atoms with Gasteiger partial charge in [0.25, 0.3) is 0 Å². The standard InChI is InChI=1S/C19H27N5O.HI/c1-5-20-19(21-13-15-8-6-10-17(12-15)25-4)22-14-16-9-7-11-18(23-16)24(2)3;/h6-12H,5,13-14H2,1-4H3,(H2,20,21,22);1H. The minimum absolute atomic E-state index is 0. The molecule has 0 spiro atoms. The van der Waals surface area contributed by atoms with E-state index in [1.54, 1.807) is 7.11 Å². The first-order valence-electron chi connectivity index (χ1n) is 8.40. The van der Waals surface area contributed by atoms with Gasteiger partial charge in [-0.05, 0) is 36.8 Å². The Hall–Kier alpha value is -2.03. The molecule has 2 N–H and O–H groups in total. The minimum atomic E-state index is 0. The number of methoxy groups -OCH3 is 1. The van der Waals surface area contributed by atoms with Crippen LogP contribution in [-0.4, -0.2) is 38.7 Å². The Morgan fingerprint density at radius 2 is 1.92 bits per heavy atom. The molecule has 0 atom stereocenters. The van der Waals surface area contributed by atoms with Crippen molar-refractivity contribution >= 4 is 35.8 Å². The third kappa shape index (κ3) is 7.07. The van der Waals surface area contributed by atoms with Crippen LogP contribution in [0.15, 0.2) is 47.5 Å². The molecule has 142 valence electrons. The van der Waals surface area contributed by atoms with Gasteiger partial charge in [0.15, 0.2) is 5.96 Å². The number of nitrogens with zero attached hydrogens (tertiary/aromatic N) is 3. The maximum atomic E-state index is 5.25. The molecule has 0 radical (unpaired) electrons. The topological polar surface area (TPSA) is 61.8 Å². The SMILES string of the molecule is CCNC(=NCc1cccc(OC)c1)NCc1cccc(N(C)C)n1.I. The maximum Gasteiger partial charge on any atom is 0.191 e. The van der Waals surface area contributed by atoms with Gasteiger partial charge in [-0.25, -0.2) is 9.98 Å². The van der Waals surface area contributed by atoms with E-state index in [0.717, 1.165) is 35.3 Å². The van der Waals surface area contributed by atoms with Crippen LogP contribution in [0, 0.1) is 0 Å². The molecule has 2 rings (SSSR count). The summed E-state index contributed by atoms with van der Waals surface area (Å²) in [6, 6.07) is 13.9. The summed E-state index contributed by atoms with van der Waals surface area (Å²) in [5.41, 5.74) is 2.07. The highest BCUT2D eigenvalue weighted by atomic mass is 127. The number of aliphatic imine (C=N–C) groups is 1. The van der Waals surface area contributed by atoms with Crippen LogP contribution in [0.1, 0.15) is 18.2 Å². The fourth-order valence-electron chi connectivity index (χ4n) is 2.27. The predicted molar refractivity (Wildman–Crippen MR) is 119 cm³/mol. The third-order valence-electron chi connectivity index (χ3n) is 3.59. The van der Waals surface area contributed by atoms with Gasteiger partial charge < -0.3 is 20.3 Å². The molecule has 0 aliphatic heterocycles. The van der Waals surface area contributed by atoms with Crippen molar-refractivity contribution in [3.63, 3.8) is 0 Å². The van der Waals surface area contributed by atoms with Crippen LogP contribution < -0.4 is 20.3 Å². The second-order valence-electron chi connectivity index (χ2n) is 5.78. The Bertz CT molecular complexity index is 706. The highest BCUT2D eigenvalue weighted by Gasteiger charge is 2.02. The Kier molecular flexibility index (Phi) is 9.79. The number of nitrogens with one attached hydrogen (secondary N) is 2. The summed E-state index contributed by atoms with van der Waals surface area (Å²) in [6.07, 6.45) is 0. The lowest BCUT2D eigenvalue weighted by Gasteiger charge is -2.14. The Labute approximate surface area is 173 Å². The van der Waals surface area contributed by atoms with E-state index in [0.29, 0.717) is 13.1 Å². The molecule has 2 aromatic rings. The van der Waals surface area contributed by atoms with E-state index >= 15 is 0 Å². The van der Waals surface area contributed by atoms with Gasteiger partial charge in [0.2, 0.25) is 0 Å². The number of ether oxygens (including phenoxy) is 1. The molecule has 0 bridgehead atoms. The molecule has 1 aromatic carbocycles. The van der Waals surface area contributed by atoms with Crippen LogP contribution in [0.25, 0.3) is 0 Å². The van der Waals surface area contributed by atoms with Crippen molar-refractivity contribution in [1.82, 2.24) is 15.6 Å². The average molecular weight is 469 g/mol. The molecule has 0 aliphatic rings. The van der Waals surface area contributed by atoms with Crippen molar-refractivity contribution in [2.75, 3.05) is 32.6 Å². The zero-order chi connectivity index (χ0) is 18.1. The fraction of sp³-hybridized carbons (Fsp3) is 0.368. The van der Waals surface area contributed by atoms with Gasteiger partial charge in [-0.1, -0.05) is 18.2 Å². The summed E-state index contributed by atoms with van der Waals surface area (Å²) in [6.45, 7) is 4.05. The van der Waals surface area contributed by atoms with Crippen molar-refractivity contribution in [3.05, 3.63) is 53.7 Å². The second kappa shape index (κ2) is 11.6. The molecule has 0 saturated heterocycles. The van der Waals surface area contributed by atoms with Crippen molar-refractivity contribution in [1.29, 1.82) is 0 Å². The summed E-state index contributed by atoms with van der Waals surface area (Å²) < 4.78 is 5.25. The first kappa shape index (κ1) is 22.0. The number of pyridine rings is 1. The lowest BCUT2D eigenvalue weighted by Crippen LogP contribution is -2.37. The van der Waals surface area contributed by atoms with Gasteiger partial charge >= 0.3 is 0 Å². The van der Waals surface area contributed by atoms with Crippen LogP contribution in [0.5, 0.6) is 5.75 Å². The zero-order valence-electron chi connectivity index (χ0n) is 15.8. The second-order valence-corrected chi connectivity index (χ2v) is 5.78. The van der Waals surface area contributed by atoms with Gasteiger partial charge in [0.05, 0.1) is 25.9 Å². The van der Waals surface area contributed by atoms with E-state index in [4.69, 9.17) is 4.74 Å². The molecule has 0 fully saturated rings. The fourth-order valence-corrected chi connectivity index (χ4v) is 2.27. The molecular weight excluding hydrogens is 441 g/mol. The van der Waals surface area contributed by atoms with Crippen molar-refractivity contribution < 1.29 is 4.74 Å². The zero-order valence-corrected chi connectivity index (χ0v) is 18.2. The number of anilines is 1. The van der Waals surface area contributed by atoms with E-state index in [-0.39, 0.29) is 24.0 Å². The van der Waals surface area contributed by atoms with Crippen LogP contribution in [0.2, 0.25) is 0 Å². The van der Waals surface area contributed by atoms with Gasteiger partial charge in [0.1, 0.15) is 11.6 Å². The van der Waals surface area contributed by atoms with Crippen LogP contribution in [0.4, 0.5) is 5.82 Å². The van der Waals surface area contributed by atoms with Gasteiger partial charge in [-0.2, -0.15) is 0 Å². The lowest BCUT2D eigenvalue weighted by molar-refractivity contribution is 0.414. The molecule has 0 aliphatic carbocycles. The van der Waals surface area contributed by atoms with E-state index in [1.165, 1.54) is 0 Å². The Morgan fingerprint density at radius 1 is 1.15 bits per heavy atom. The van der Waals surface area contributed by atoms with E-state index in [1.807, 2.05) is 68.4 Å². The van der Waals surface area contributed by atoms with Crippen molar-refractivity contribution in [2.45, 2.75) is 20.0 Å². The van der Waals surface area contributed by atoms with Crippen LogP contribution in [0.3, 0.4) is 0 Å². The minimum Gasteiger partial charge on any atom is -0.497 e. The molecule has 0 saturated carbocycles. The van der Waals surface area contributed by atoms with Crippen molar-refractivity contribution in [2.24, 2.45) is 4.99 Å². The summed E-state index contributed by atoms with van der Waals surface area (Å²) in [7, 11) is 5.64. The highest BCUT2D eigenvalue weighted by molar-refractivity contribution is 14.0. The number of hydrogen-bond acceptors (Lipinski definition) is 4. The highest BCUT2D eigenvalue weighted by Crippen LogP contribution is 2.13. The normalized spacial score (nSPS) is 10.7. The summed E-state index contributed by atoms with van der Waals surface area (Å²) >= 11 is 0. The van der Waals surface area contributed by atoms with E-state index < -0.39 is 0 Å². The molecule has 0 amide bonds. The molecule has 0 unspecified atom stereocenters. The lowest BCUT2D eigenvalue weighted by atomic mass is 10.2. The summed E-state index contributed by atoms with van der Waals surface area (Å²) in [5, 5.41) is 6.59. The largest absolute Gasteiger partial charge is 0.497 e. The molecule has 7 heteroatoms.